The van der Waals surface area contributed by atoms with Gasteiger partial charge in [0.25, 0.3) is 0 Å². The van der Waals surface area contributed by atoms with E-state index in [9.17, 15) is 0 Å². The lowest BCUT2D eigenvalue weighted by Gasteiger charge is -2.26. The fourth-order valence-electron chi connectivity index (χ4n) is 1.00. The Bertz CT molecular complexity index is 274. The molecule has 13 heavy (non-hydrogen) atoms. The Kier molecular flexibility index (Phi) is 3.06. The first kappa shape index (κ1) is 10.6. The van der Waals surface area contributed by atoms with E-state index in [4.69, 9.17) is 0 Å². The second-order valence-corrected chi connectivity index (χ2v) is 5.18. The standard InChI is InChI=1S/C10H15BrN2/c1-7(10(2,3)4)8-5-6-9(11)13-12-8/h5-7H,1-4H3. The molecule has 0 radical (unpaired) electrons. The predicted molar refractivity (Wildman–Crippen MR) is 57.6 cm³/mol. The van der Waals surface area contributed by atoms with Crippen LogP contribution >= 0.6 is 15.9 Å². The van der Waals surface area contributed by atoms with Crippen LogP contribution in [0.4, 0.5) is 0 Å². The highest BCUT2D eigenvalue weighted by Crippen LogP contribution is 2.32. The Morgan fingerprint density at radius 3 is 2.23 bits per heavy atom. The van der Waals surface area contributed by atoms with Crippen LogP contribution in [-0.2, 0) is 0 Å². The smallest absolute Gasteiger partial charge is 0.128 e. The molecule has 1 atom stereocenters. The van der Waals surface area contributed by atoms with Crippen LogP contribution in [0.15, 0.2) is 16.7 Å². The molecule has 1 heterocycles. The van der Waals surface area contributed by atoms with Crippen molar-refractivity contribution >= 4 is 15.9 Å². The van der Waals surface area contributed by atoms with E-state index in [2.05, 4.69) is 53.8 Å². The molecule has 0 amide bonds. The molecule has 72 valence electrons. The maximum Gasteiger partial charge on any atom is 0.128 e. The lowest BCUT2D eigenvalue weighted by atomic mass is 9.80. The third kappa shape index (κ3) is 2.76. The molecule has 0 aliphatic carbocycles. The average molecular weight is 243 g/mol. The molecule has 2 nitrogen and oxygen atoms in total. The summed E-state index contributed by atoms with van der Waals surface area (Å²) in [7, 11) is 0. The lowest BCUT2D eigenvalue weighted by molar-refractivity contribution is 0.332. The maximum absolute atomic E-state index is 4.15. The molecule has 1 aromatic rings. The fraction of sp³-hybridized carbons (Fsp3) is 0.600. The highest BCUT2D eigenvalue weighted by Gasteiger charge is 2.22. The van der Waals surface area contributed by atoms with E-state index in [0.717, 1.165) is 10.3 Å². The Balaban J connectivity index is 2.90. The minimum Gasteiger partial charge on any atom is -0.154 e. The third-order valence-corrected chi connectivity index (χ3v) is 2.82. The highest BCUT2D eigenvalue weighted by atomic mass is 79.9. The van der Waals surface area contributed by atoms with Gasteiger partial charge in [0.1, 0.15) is 4.60 Å². The van der Waals surface area contributed by atoms with Crippen molar-refractivity contribution in [3.8, 4) is 0 Å². The molecule has 1 unspecified atom stereocenters. The van der Waals surface area contributed by atoms with Crippen LogP contribution in [0.25, 0.3) is 0 Å². The van der Waals surface area contributed by atoms with Gasteiger partial charge in [-0.1, -0.05) is 27.7 Å². The zero-order chi connectivity index (χ0) is 10.1. The van der Waals surface area contributed by atoms with Crippen molar-refractivity contribution in [1.29, 1.82) is 0 Å². The molecular weight excluding hydrogens is 228 g/mol. The normalized spacial score (nSPS) is 14.2. The van der Waals surface area contributed by atoms with Crippen LogP contribution < -0.4 is 0 Å². The van der Waals surface area contributed by atoms with Gasteiger partial charge in [0.15, 0.2) is 0 Å². The van der Waals surface area contributed by atoms with Crippen molar-refractivity contribution in [2.75, 3.05) is 0 Å². The molecule has 0 fully saturated rings. The van der Waals surface area contributed by atoms with Gasteiger partial charge in [0.2, 0.25) is 0 Å². The van der Waals surface area contributed by atoms with E-state index in [1.54, 1.807) is 0 Å². The molecule has 0 bridgehead atoms. The summed E-state index contributed by atoms with van der Waals surface area (Å²) >= 11 is 3.27. The second kappa shape index (κ2) is 3.74. The van der Waals surface area contributed by atoms with Gasteiger partial charge in [0, 0.05) is 5.92 Å². The van der Waals surface area contributed by atoms with E-state index in [1.165, 1.54) is 0 Å². The molecular formula is C10H15BrN2. The third-order valence-electron chi connectivity index (χ3n) is 2.40. The summed E-state index contributed by atoms with van der Waals surface area (Å²) in [6.07, 6.45) is 0. The number of hydrogen-bond acceptors (Lipinski definition) is 2. The first-order chi connectivity index (χ1) is 5.91. The summed E-state index contributed by atoms with van der Waals surface area (Å²) in [5.74, 6) is 0.424. The van der Waals surface area contributed by atoms with Crippen molar-refractivity contribution < 1.29 is 0 Å². The molecule has 0 aromatic carbocycles. The Morgan fingerprint density at radius 1 is 1.23 bits per heavy atom. The van der Waals surface area contributed by atoms with E-state index >= 15 is 0 Å². The number of halogens is 1. The van der Waals surface area contributed by atoms with E-state index in [0.29, 0.717) is 5.92 Å². The van der Waals surface area contributed by atoms with E-state index < -0.39 is 0 Å². The van der Waals surface area contributed by atoms with Gasteiger partial charge >= 0.3 is 0 Å². The van der Waals surface area contributed by atoms with Crippen molar-refractivity contribution in [2.45, 2.75) is 33.6 Å². The summed E-state index contributed by atoms with van der Waals surface area (Å²) < 4.78 is 0.789. The predicted octanol–water partition coefficient (Wildman–Crippen LogP) is 3.39. The molecule has 1 rings (SSSR count). The topological polar surface area (TPSA) is 25.8 Å². The Hall–Kier alpha value is -0.440. The van der Waals surface area contributed by atoms with Gasteiger partial charge in [-0.05, 0) is 33.5 Å². The van der Waals surface area contributed by atoms with Crippen molar-refractivity contribution in [3.05, 3.63) is 22.4 Å². The summed E-state index contributed by atoms with van der Waals surface area (Å²) in [6.45, 7) is 8.81. The van der Waals surface area contributed by atoms with Gasteiger partial charge in [-0.15, -0.1) is 5.10 Å². The summed E-state index contributed by atoms with van der Waals surface area (Å²) in [6, 6.07) is 3.96. The molecule has 0 saturated heterocycles. The van der Waals surface area contributed by atoms with Gasteiger partial charge < -0.3 is 0 Å². The number of rotatable bonds is 1. The molecule has 1 aromatic heterocycles. The zero-order valence-corrected chi connectivity index (χ0v) is 10.1. The molecule has 0 saturated carbocycles. The highest BCUT2D eigenvalue weighted by molar-refractivity contribution is 9.10. The van der Waals surface area contributed by atoms with Crippen LogP contribution in [0.1, 0.15) is 39.3 Å². The molecule has 0 N–H and O–H groups in total. The van der Waals surface area contributed by atoms with E-state index in [1.807, 2.05) is 12.1 Å². The van der Waals surface area contributed by atoms with Crippen molar-refractivity contribution in [3.63, 3.8) is 0 Å². The number of nitrogens with zero attached hydrogens (tertiary/aromatic N) is 2. The fourth-order valence-corrected chi connectivity index (χ4v) is 1.21. The van der Waals surface area contributed by atoms with Crippen LogP contribution in [-0.4, -0.2) is 10.2 Å². The molecule has 0 aliphatic rings. The molecule has 3 heteroatoms. The van der Waals surface area contributed by atoms with Gasteiger partial charge in [-0.2, -0.15) is 5.10 Å². The van der Waals surface area contributed by atoms with Crippen LogP contribution in [0.5, 0.6) is 0 Å². The lowest BCUT2D eigenvalue weighted by Crippen LogP contribution is -2.16. The van der Waals surface area contributed by atoms with Crippen molar-refractivity contribution in [2.24, 2.45) is 5.41 Å². The van der Waals surface area contributed by atoms with E-state index in [-0.39, 0.29) is 5.41 Å². The first-order valence-electron chi connectivity index (χ1n) is 4.40. The Labute approximate surface area is 87.9 Å². The van der Waals surface area contributed by atoms with Crippen molar-refractivity contribution in [1.82, 2.24) is 10.2 Å². The maximum atomic E-state index is 4.15. The monoisotopic (exact) mass is 242 g/mol. The largest absolute Gasteiger partial charge is 0.154 e. The van der Waals surface area contributed by atoms with Gasteiger partial charge in [-0.3, -0.25) is 0 Å². The molecule has 0 aliphatic heterocycles. The molecule has 0 spiro atoms. The number of aromatic nitrogens is 2. The quantitative estimate of drug-likeness (QED) is 0.755. The SMILES string of the molecule is CC(c1ccc(Br)nn1)C(C)(C)C. The van der Waals surface area contributed by atoms with Gasteiger partial charge in [-0.25, -0.2) is 0 Å². The minimum absolute atomic E-state index is 0.239. The summed E-state index contributed by atoms with van der Waals surface area (Å²) in [5.41, 5.74) is 1.29. The second-order valence-electron chi connectivity index (χ2n) is 4.37. The van der Waals surface area contributed by atoms with Crippen LogP contribution in [0, 0.1) is 5.41 Å². The summed E-state index contributed by atoms with van der Waals surface area (Å²) in [5, 5.41) is 8.13. The zero-order valence-electron chi connectivity index (χ0n) is 8.50. The first-order valence-corrected chi connectivity index (χ1v) is 5.19. The van der Waals surface area contributed by atoms with Gasteiger partial charge in [0.05, 0.1) is 5.69 Å². The van der Waals surface area contributed by atoms with Crippen LogP contribution in [0.2, 0.25) is 0 Å². The minimum atomic E-state index is 0.239. The number of hydrogen-bond donors (Lipinski definition) is 0. The van der Waals surface area contributed by atoms with Crippen LogP contribution in [0.3, 0.4) is 0 Å². The summed E-state index contributed by atoms with van der Waals surface area (Å²) in [4.78, 5) is 0. The average Bonchev–Trinajstić information content (AvgIpc) is 2.03. The Morgan fingerprint density at radius 2 is 1.85 bits per heavy atom.